The first-order valence-corrected chi connectivity index (χ1v) is 7.74. The maximum atomic E-state index is 12.2. The molecule has 3 aromatic rings. The van der Waals surface area contributed by atoms with Gasteiger partial charge in [0.05, 0.1) is 11.1 Å². The lowest BCUT2D eigenvalue weighted by atomic mass is 10.1. The summed E-state index contributed by atoms with van der Waals surface area (Å²) in [6, 6.07) is 11.4. The molecule has 3 rings (SSSR count). The van der Waals surface area contributed by atoms with E-state index in [4.69, 9.17) is 4.42 Å². The molecule has 1 aromatic heterocycles. The fourth-order valence-corrected chi connectivity index (χ4v) is 3.24. The first-order chi connectivity index (χ1) is 10.5. The van der Waals surface area contributed by atoms with Crippen molar-refractivity contribution >= 4 is 33.2 Å². The van der Waals surface area contributed by atoms with Crippen molar-refractivity contribution in [3.63, 3.8) is 0 Å². The van der Waals surface area contributed by atoms with Gasteiger partial charge in [0.1, 0.15) is 5.58 Å². The van der Waals surface area contributed by atoms with Crippen molar-refractivity contribution in [2.75, 3.05) is 5.32 Å². The number of benzene rings is 2. The van der Waals surface area contributed by atoms with Crippen molar-refractivity contribution in [2.24, 2.45) is 0 Å². The van der Waals surface area contributed by atoms with Gasteiger partial charge in [-0.05, 0) is 36.6 Å². The first-order valence-electron chi connectivity index (χ1n) is 6.92. The van der Waals surface area contributed by atoms with E-state index in [1.165, 1.54) is 0 Å². The molecule has 1 heterocycles. The lowest BCUT2D eigenvalue weighted by molar-refractivity contribution is -0.115. The van der Waals surface area contributed by atoms with Gasteiger partial charge in [-0.3, -0.25) is 4.79 Å². The molecule has 0 aliphatic carbocycles. The van der Waals surface area contributed by atoms with Crippen LogP contribution in [0, 0.1) is 13.8 Å². The number of fused-ring (bicyclic) bond motifs is 1. The molecule has 1 amide bonds. The van der Waals surface area contributed by atoms with Gasteiger partial charge in [-0.25, -0.2) is 4.79 Å². The Balaban J connectivity index is 1.90. The van der Waals surface area contributed by atoms with Crippen LogP contribution in [0.15, 0.2) is 45.6 Å². The molecule has 0 fully saturated rings. The van der Waals surface area contributed by atoms with Gasteiger partial charge in [0.25, 0.3) is 0 Å². The van der Waals surface area contributed by atoms with Gasteiger partial charge >= 0.3 is 4.94 Å². The summed E-state index contributed by atoms with van der Waals surface area (Å²) in [4.78, 5) is 23.3. The highest BCUT2D eigenvalue weighted by Crippen LogP contribution is 2.31. The summed E-state index contributed by atoms with van der Waals surface area (Å²) in [5, 5.41) is 2.95. The van der Waals surface area contributed by atoms with Crippen LogP contribution in [0.3, 0.4) is 0 Å². The van der Waals surface area contributed by atoms with Crippen LogP contribution in [0.5, 0.6) is 0 Å². The molecule has 4 nitrogen and oxygen atoms in total. The number of hydrogen-bond donors (Lipinski definition) is 1. The topological polar surface area (TPSA) is 59.3 Å². The van der Waals surface area contributed by atoms with Gasteiger partial charge in [-0.15, -0.1) is 0 Å². The zero-order valence-corrected chi connectivity index (χ0v) is 13.1. The Morgan fingerprint density at radius 2 is 1.95 bits per heavy atom. The van der Waals surface area contributed by atoms with Gasteiger partial charge in [-0.1, -0.05) is 41.7 Å². The Labute approximate surface area is 131 Å². The van der Waals surface area contributed by atoms with E-state index in [9.17, 15) is 9.59 Å². The van der Waals surface area contributed by atoms with E-state index in [-0.39, 0.29) is 10.8 Å². The minimum Gasteiger partial charge on any atom is -0.414 e. The summed E-state index contributed by atoms with van der Waals surface area (Å²) >= 11 is 1.06. The van der Waals surface area contributed by atoms with Gasteiger partial charge in [-0.2, -0.15) is 0 Å². The third kappa shape index (κ3) is 2.80. The largest absolute Gasteiger partial charge is 0.414 e. The highest BCUT2D eigenvalue weighted by atomic mass is 32.1. The van der Waals surface area contributed by atoms with E-state index in [2.05, 4.69) is 5.32 Å². The smallest absolute Gasteiger partial charge is 0.396 e. The number of carbonyl (C=O) groups is 1. The number of rotatable bonds is 3. The lowest BCUT2D eigenvalue weighted by Gasteiger charge is -2.12. The molecule has 0 atom stereocenters. The van der Waals surface area contributed by atoms with Crippen molar-refractivity contribution in [1.82, 2.24) is 0 Å². The molecule has 1 N–H and O–H groups in total. The summed E-state index contributed by atoms with van der Waals surface area (Å²) in [6.45, 7) is 3.78. The summed E-state index contributed by atoms with van der Waals surface area (Å²) in [6.07, 6.45) is 0.319. The molecule has 0 radical (unpaired) electrons. The second kappa shape index (κ2) is 5.77. The maximum absolute atomic E-state index is 12.2. The molecule has 22 heavy (non-hydrogen) atoms. The second-order valence-corrected chi connectivity index (χ2v) is 6.13. The Morgan fingerprint density at radius 3 is 2.68 bits per heavy atom. The summed E-state index contributed by atoms with van der Waals surface area (Å²) < 4.78 is 5.92. The second-order valence-electron chi connectivity index (χ2n) is 5.19. The SMILES string of the molecule is Cc1cc2oc(=O)sc2c(C)c1NC(=O)Cc1ccccc1. The molecular weight excluding hydrogens is 298 g/mol. The lowest BCUT2D eigenvalue weighted by Crippen LogP contribution is -2.16. The van der Waals surface area contributed by atoms with E-state index >= 15 is 0 Å². The Morgan fingerprint density at radius 1 is 1.23 bits per heavy atom. The molecular formula is C17H15NO3S. The zero-order chi connectivity index (χ0) is 15.7. The molecule has 0 unspecified atom stereocenters. The third-order valence-corrected chi connectivity index (χ3v) is 4.49. The number of nitrogens with one attached hydrogen (secondary N) is 1. The Hall–Kier alpha value is -2.40. The van der Waals surface area contributed by atoms with Gasteiger partial charge in [0, 0.05) is 5.69 Å². The predicted octanol–water partition coefficient (Wildman–Crippen LogP) is 3.65. The maximum Gasteiger partial charge on any atom is 0.396 e. The average Bonchev–Trinajstić information content (AvgIpc) is 2.85. The normalized spacial score (nSPS) is 10.8. The van der Waals surface area contributed by atoms with Crippen LogP contribution in [0.2, 0.25) is 0 Å². The first kappa shape index (κ1) is 14.5. The van der Waals surface area contributed by atoms with E-state index in [1.54, 1.807) is 6.07 Å². The fourth-order valence-electron chi connectivity index (χ4n) is 2.48. The van der Waals surface area contributed by atoms with Crippen LogP contribution in [0.25, 0.3) is 10.3 Å². The molecule has 0 aliphatic heterocycles. The van der Waals surface area contributed by atoms with Crippen LogP contribution >= 0.6 is 11.3 Å². The Kier molecular flexibility index (Phi) is 3.81. The van der Waals surface area contributed by atoms with Crippen LogP contribution in [-0.4, -0.2) is 5.91 Å². The molecule has 0 aliphatic rings. The zero-order valence-electron chi connectivity index (χ0n) is 12.3. The van der Waals surface area contributed by atoms with Crippen molar-refractivity contribution in [3.8, 4) is 0 Å². The fraction of sp³-hybridized carbons (Fsp3) is 0.176. The van der Waals surface area contributed by atoms with Crippen molar-refractivity contribution < 1.29 is 9.21 Å². The quantitative estimate of drug-likeness (QED) is 0.803. The van der Waals surface area contributed by atoms with E-state index in [1.807, 2.05) is 44.2 Å². The molecule has 0 bridgehead atoms. The predicted molar refractivity (Wildman–Crippen MR) is 88.6 cm³/mol. The van der Waals surface area contributed by atoms with Crippen molar-refractivity contribution in [2.45, 2.75) is 20.3 Å². The Bertz CT molecular complexity index is 893. The van der Waals surface area contributed by atoms with E-state index < -0.39 is 0 Å². The third-order valence-electron chi connectivity index (χ3n) is 3.53. The standard InChI is InChI=1S/C17H15NO3S/c1-10-8-13-16(22-17(20)21-13)11(2)15(10)18-14(19)9-12-6-4-3-5-7-12/h3-8H,9H2,1-2H3,(H,18,19). The average molecular weight is 313 g/mol. The highest BCUT2D eigenvalue weighted by Gasteiger charge is 2.14. The summed E-state index contributed by atoms with van der Waals surface area (Å²) in [5.74, 6) is -0.0763. The molecule has 0 saturated carbocycles. The molecule has 2 aromatic carbocycles. The number of anilines is 1. The summed E-state index contributed by atoms with van der Waals surface area (Å²) in [5.41, 5.74) is 4.04. The van der Waals surface area contributed by atoms with Crippen LogP contribution in [0.1, 0.15) is 16.7 Å². The molecule has 0 saturated heterocycles. The van der Waals surface area contributed by atoms with Gasteiger partial charge in [0.2, 0.25) is 5.91 Å². The van der Waals surface area contributed by atoms with E-state index in [0.29, 0.717) is 12.0 Å². The summed E-state index contributed by atoms with van der Waals surface area (Å²) in [7, 11) is 0. The number of aryl methyl sites for hydroxylation is 2. The van der Waals surface area contributed by atoms with Crippen LogP contribution in [0.4, 0.5) is 5.69 Å². The van der Waals surface area contributed by atoms with Gasteiger partial charge in [0.15, 0.2) is 0 Å². The monoisotopic (exact) mass is 313 g/mol. The highest BCUT2D eigenvalue weighted by molar-refractivity contribution is 7.16. The van der Waals surface area contributed by atoms with Crippen molar-refractivity contribution in [1.29, 1.82) is 0 Å². The van der Waals surface area contributed by atoms with Gasteiger partial charge < -0.3 is 9.73 Å². The molecule has 0 spiro atoms. The van der Waals surface area contributed by atoms with E-state index in [0.717, 1.165) is 38.4 Å². The molecule has 112 valence electrons. The van der Waals surface area contributed by atoms with Crippen LogP contribution in [-0.2, 0) is 11.2 Å². The number of amides is 1. The number of hydrogen-bond acceptors (Lipinski definition) is 4. The van der Waals surface area contributed by atoms with Crippen molar-refractivity contribution in [3.05, 3.63) is 62.8 Å². The molecule has 5 heteroatoms. The minimum atomic E-state index is -0.328. The number of carbonyl (C=O) groups excluding carboxylic acids is 1. The minimum absolute atomic E-state index is 0.0763. The van der Waals surface area contributed by atoms with Crippen LogP contribution < -0.4 is 10.3 Å².